The molecule has 0 spiro atoms. The molecule has 0 radical (unpaired) electrons. The van der Waals surface area contributed by atoms with Crippen molar-refractivity contribution in [2.45, 2.75) is 32.4 Å². The van der Waals surface area contributed by atoms with E-state index in [1.807, 2.05) is 10.7 Å². The molecule has 2 heterocycles. The van der Waals surface area contributed by atoms with Crippen LogP contribution in [0.1, 0.15) is 37.4 Å². The van der Waals surface area contributed by atoms with Crippen LogP contribution in [0.2, 0.25) is 0 Å². The van der Waals surface area contributed by atoms with Crippen molar-refractivity contribution < 1.29 is 0 Å². The molecule has 0 bridgehead atoms. The van der Waals surface area contributed by atoms with Crippen molar-refractivity contribution in [2.24, 2.45) is 5.84 Å². The van der Waals surface area contributed by atoms with Crippen molar-refractivity contribution in [2.75, 3.05) is 0 Å². The molecule has 2 aromatic heterocycles. The molecule has 3 N–H and O–H groups in total. The van der Waals surface area contributed by atoms with Gasteiger partial charge < -0.3 is 0 Å². The van der Waals surface area contributed by atoms with Crippen molar-refractivity contribution in [1.29, 1.82) is 0 Å². The fourth-order valence-corrected chi connectivity index (χ4v) is 1.79. The SMILES string of the molecule is CC(C)n1ncnc1CC(NN)c1ccncn1. The summed E-state index contributed by atoms with van der Waals surface area (Å²) in [7, 11) is 0. The lowest BCUT2D eigenvalue weighted by Crippen LogP contribution is -2.31. The summed E-state index contributed by atoms with van der Waals surface area (Å²) in [5, 5.41) is 4.20. The molecule has 2 rings (SSSR count). The number of nitrogens with two attached hydrogens (primary N) is 1. The minimum atomic E-state index is -0.102. The fraction of sp³-hybridized carbons (Fsp3) is 0.455. The number of rotatable bonds is 5. The van der Waals surface area contributed by atoms with Crippen LogP contribution in [-0.2, 0) is 6.42 Å². The molecule has 7 heteroatoms. The van der Waals surface area contributed by atoms with E-state index in [-0.39, 0.29) is 12.1 Å². The standard InChI is InChI=1S/C11H17N7/c1-8(2)18-11(15-7-16-18)5-10(17-12)9-3-4-13-6-14-9/h3-4,6-8,10,17H,5,12H2,1-2H3. The van der Waals surface area contributed by atoms with Crippen LogP contribution in [0.25, 0.3) is 0 Å². The zero-order valence-electron chi connectivity index (χ0n) is 10.5. The van der Waals surface area contributed by atoms with Crippen LogP contribution in [0, 0.1) is 0 Å². The zero-order chi connectivity index (χ0) is 13.0. The van der Waals surface area contributed by atoms with E-state index in [4.69, 9.17) is 5.84 Å². The summed E-state index contributed by atoms with van der Waals surface area (Å²) in [5.74, 6) is 6.46. The van der Waals surface area contributed by atoms with Gasteiger partial charge in [0.2, 0.25) is 0 Å². The first-order valence-corrected chi connectivity index (χ1v) is 5.82. The highest BCUT2D eigenvalue weighted by Crippen LogP contribution is 2.15. The molecule has 0 aliphatic rings. The van der Waals surface area contributed by atoms with Crippen LogP contribution in [-0.4, -0.2) is 24.7 Å². The molecular weight excluding hydrogens is 230 g/mol. The summed E-state index contributed by atoms with van der Waals surface area (Å²) < 4.78 is 1.88. The van der Waals surface area contributed by atoms with Gasteiger partial charge in [0.15, 0.2) is 0 Å². The molecule has 0 aliphatic carbocycles. The van der Waals surface area contributed by atoms with Crippen LogP contribution >= 0.6 is 0 Å². The molecule has 0 fully saturated rings. The summed E-state index contributed by atoms with van der Waals surface area (Å²) >= 11 is 0. The number of hydrazine groups is 1. The first kappa shape index (κ1) is 12.6. The number of hydrogen-bond donors (Lipinski definition) is 2. The Kier molecular flexibility index (Phi) is 3.96. The lowest BCUT2D eigenvalue weighted by atomic mass is 10.1. The van der Waals surface area contributed by atoms with E-state index >= 15 is 0 Å². The summed E-state index contributed by atoms with van der Waals surface area (Å²) in [6.45, 7) is 4.13. The third-order valence-corrected chi connectivity index (χ3v) is 2.69. The molecule has 0 saturated heterocycles. The van der Waals surface area contributed by atoms with Crippen LogP contribution < -0.4 is 11.3 Å². The van der Waals surface area contributed by atoms with Crippen molar-refractivity contribution in [3.05, 3.63) is 36.4 Å². The van der Waals surface area contributed by atoms with Gasteiger partial charge in [0.05, 0.1) is 11.7 Å². The summed E-state index contributed by atoms with van der Waals surface area (Å²) in [6.07, 6.45) is 5.39. The average molecular weight is 247 g/mol. The molecule has 0 aliphatic heterocycles. The highest BCUT2D eigenvalue weighted by atomic mass is 15.3. The molecule has 96 valence electrons. The van der Waals surface area contributed by atoms with E-state index in [2.05, 4.69) is 39.3 Å². The van der Waals surface area contributed by atoms with E-state index in [0.29, 0.717) is 6.42 Å². The van der Waals surface area contributed by atoms with Gasteiger partial charge in [0.25, 0.3) is 0 Å². The van der Waals surface area contributed by atoms with Crippen molar-refractivity contribution in [1.82, 2.24) is 30.2 Å². The normalized spacial score (nSPS) is 12.9. The molecule has 18 heavy (non-hydrogen) atoms. The molecule has 0 saturated carbocycles. The average Bonchev–Trinajstić information content (AvgIpc) is 2.85. The highest BCUT2D eigenvalue weighted by molar-refractivity contribution is 5.07. The van der Waals surface area contributed by atoms with Gasteiger partial charge >= 0.3 is 0 Å². The van der Waals surface area contributed by atoms with Gasteiger partial charge in [-0.15, -0.1) is 0 Å². The lowest BCUT2D eigenvalue weighted by molar-refractivity contribution is 0.463. The lowest BCUT2D eigenvalue weighted by Gasteiger charge is -2.16. The third kappa shape index (κ3) is 2.69. The predicted octanol–water partition coefficient (Wildman–Crippen LogP) is 0.396. The Hall–Kier alpha value is -1.86. The van der Waals surface area contributed by atoms with Crippen LogP contribution in [0.3, 0.4) is 0 Å². The van der Waals surface area contributed by atoms with E-state index in [1.54, 1.807) is 12.5 Å². The molecule has 7 nitrogen and oxygen atoms in total. The predicted molar refractivity (Wildman–Crippen MR) is 66.2 cm³/mol. The quantitative estimate of drug-likeness (QED) is 0.586. The minimum Gasteiger partial charge on any atom is -0.271 e. The maximum Gasteiger partial charge on any atom is 0.138 e. The van der Waals surface area contributed by atoms with Crippen LogP contribution in [0.5, 0.6) is 0 Å². The van der Waals surface area contributed by atoms with Gasteiger partial charge in [0, 0.05) is 18.7 Å². The molecule has 0 aromatic carbocycles. The highest BCUT2D eigenvalue weighted by Gasteiger charge is 2.16. The van der Waals surface area contributed by atoms with E-state index < -0.39 is 0 Å². The molecule has 1 unspecified atom stereocenters. The Bertz CT molecular complexity index is 479. The zero-order valence-corrected chi connectivity index (χ0v) is 10.5. The van der Waals surface area contributed by atoms with Gasteiger partial charge in [-0.25, -0.2) is 19.6 Å². The Morgan fingerprint density at radius 2 is 2.17 bits per heavy atom. The number of hydrogen-bond acceptors (Lipinski definition) is 6. The molecule has 1 atom stereocenters. The van der Waals surface area contributed by atoms with Crippen molar-refractivity contribution in [3.63, 3.8) is 0 Å². The maximum absolute atomic E-state index is 5.58. The maximum atomic E-state index is 5.58. The number of nitrogens with zero attached hydrogens (tertiary/aromatic N) is 5. The van der Waals surface area contributed by atoms with Crippen LogP contribution in [0.15, 0.2) is 24.9 Å². The van der Waals surface area contributed by atoms with Gasteiger partial charge in [-0.2, -0.15) is 5.10 Å². The minimum absolute atomic E-state index is 0.102. The third-order valence-electron chi connectivity index (χ3n) is 2.69. The van der Waals surface area contributed by atoms with Gasteiger partial charge in [0.1, 0.15) is 18.5 Å². The summed E-state index contributed by atoms with van der Waals surface area (Å²) in [4.78, 5) is 12.3. The van der Waals surface area contributed by atoms with Crippen molar-refractivity contribution in [3.8, 4) is 0 Å². The Labute approximate surface area is 105 Å². The first-order valence-electron chi connectivity index (χ1n) is 5.82. The summed E-state index contributed by atoms with van der Waals surface area (Å²) in [5.41, 5.74) is 3.59. The largest absolute Gasteiger partial charge is 0.271 e. The van der Waals surface area contributed by atoms with E-state index in [9.17, 15) is 0 Å². The van der Waals surface area contributed by atoms with E-state index in [0.717, 1.165) is 11.5 Å². The summed E-state index contributed by atoms with van der Waals surface area (Å²) in [6, 6.07) is 2.00. The van der Waals surface area contributed by atoms with Gasteiger partial charge in [-0.05, 0) is 19.9 Å². The molecule has 2 aromatic rings. The Balaban J connectivity index is 2.18. The molecular formula is C11H17N7. The van der Waals surface area contributed by atoms with Gasteiger partial charge in [-0.3, -0.25) is 11.3 Å². The van der Waals surface area contributed by atoms with E-state index in [1.165, 1.54) is 6.33 Å². The monoisotopic (exact) mass is 247 g/mol. The second kappa shape index (κ2) is 5.65. The second-order valence-electron chi connectivity index (χ2n) is 4.27. The topological polar surface area (TPSA) is 94.5 Å². The van der Waals surface area contributed by atoms with Gasteiger partial charge in [-0.1, -0.05) is 0 Å². The number of nitrogens with one attached hydrogen (secondary N) is 1. The fourth-order valence-electron chi connectivity index (χ4n) is 1.79. The smallest absolute Gasteiger partial charge is 0.138 e. The van der Waals surface area contributed by atoms with Crippen molar-refractivity contribution >= 4 is 0 Å². The second-order valence-corrected chi connectivity index (χ2v) is 4.27. The number of aromatic nitrogens is 5. The Morgan fingerprint density at radius 1 is 1.33 bits per heavy atom. The molecule has 0 amide bonds. The Morgan fingerprint density at radius 3 is 2.78 bits per heavy atom. The first-order chi connectivity index (χ1) is 8.72. The van der Waals surface area contributed by atoms with Crippen LogP contribution in [0.4, 0.5) is 0 Å².